The zero-order valence-corrected chi connectivity index (χ0v) is 15.9. The van der Waals surface area contributed by atoms with Crippen molar-refractivity contribution >= 4 is 22.4 Å². The number of rotatable bonds is 8. The Labute approximate surface area is 162 Å². The fourth-order valence-corrected chi connectivity index (χ4v) is 3.46. The van der Waals surface area contributed by atoms with Gasteiger partial charge in [0.15, 0.2) is 5.13 Å². The molecule has 1 amide bonds. The lowest BCUT2D eigenvalue weighted by Crippen LogP contribution is -2.31. The summed E-state index contributed by atoms with van der Waals surface area (Å²) in [6.45, 7) is 3.32. The van der Waals surface area contributed by atoms with E-state index in [0.717, 1.165) is 16.8 Å². The minimum absolute atomic E-state index is 0.0349. The normalized spacial score (nSPS) is 10.7. The van der Waals surface area contributed by atoms with Gasteiger partial charge in [-0.3, -0.25) is 9.69 Å². The monoisotopic (exact) mass is 384 g/mol. The number of halogens is 1. The van der Waals surface area contributed by atoms with Crippen LogP contribution in [0.2, 0.25) is 0 Å². The van der Waals surface area contributed by atoms with E-state index in [0.29, 0.717) is 31.3 Å². The molecule has 0 fully saturated rings. The van der Waals surface area contributed by atoms with Gasteiger partial charge >= 0.3 is 0 Å². The topological polar surface area (TPSA) is 42.4 Å². The Kier molecular flexibility index (Phi) is 6.68. The molecule has 0 saturated carbocycles. The summed E-state index contributed by atoms with van der Waals surface area (Å²) >= 11 is 1.40. The van der Waals surface area contributed by atoms with Crippen LogP contribution in [-0.2, 0) is 16.1 Å². The van der Waals surface area contributed by atoms with Crippen LogP contribution >= 0.6 is 11.3 Å². The molecule has 1 aromatic heterocycles. The first-order valence-corrected chi connectivity index (χ1v) is 9.69. The summed E-state index contributed by atoms with van der Waals surface area (Å²) in [5, 5.41) is 2.51. The molecule has 1 heterocycles. The Morgan fingerprint density at radius 2 is 1.89 bits per heavy atom. The molecule has 27 heavy (non-hydrogen) atoms. The van der Waals surface area contributed by atoms with Gasteiger partial charge in [-0.2, -0.15) is 0 Å². The first-order chi connectivity index (χ1) is 13.2. The van der Waals surface area contributed by atoms with Gasteiger partial charge in [0, 0.05) is 17.6 Å². The molecule has 0 bridgehead atoms. The van der Waals surface area contributed by atoms with Crippen molar-refractivity contribution in [2.45, 2.75) is 19.9 Å². The van der Waals surface area contributed by atoms with E-state index in [9.17, 15) is 9.18 Å². The molecule has 0 aliphatic rings. The van der Waals surface area contributed by atoms with E-state index >= 15 is 0 Å². The van der Waals surface area contributed by atoms with E-state index < -0.39 is 0 Å². The van der Waals surface area contributed by atoms with Gasteiger partial charge in [-0.15, -0.1) is 11.3 Å². The molecule has 0 atom stereocenters. The number of aromatic nitrogens is 1. The van der Waals surface area contributed by atoms with Crippen LogP contribution in [0.1, 0.15) is 18.9 Å². The fraction of sp³-hybridized carbons (Fsp3) is 0.238. The Morgan fingerprint density at radius 3 is 2.59 bits per heavy atom. The maximum Gasteiger partial charge on any atom is 0.231 e. The van der Waals surface area contributed by atoms with E-state index in [4.69, 9.17) is 4.74 Å². The smallest absolute Gasteiger partial charge is 0.231 e. The molecule has 0 aliphatic carbocycles. The van der Waals surface area contributed by atoms with Gasteiger partial charge in [0.1, 0.15) is 5.82 Å². The molecule has 2 aromatic carbocycles. The summed E-state index contributed by atoms with van der Waals surface area (Å²) in [5.74, 6) is -0.321. The second-order valence-corrected chi connectivity index (χ2v) is 6.77. The lowest BCUT2D eigenvalue weighted by atomic mass is 10.2. The maximum atomic E-state index is 13.1. The Hall–Kier alpha value is -2.57. The highest BCUT2D eigenvalue weighted by Crippen LogP contribution is 2.29. The standard InChI is InChI=1S/C21H21FN2O2S/c1-2-26-13-12-20(25)24(14-16-6-4-3-5-7-16)21-23-19(15-27-21)17-8-10-18(22)11-9-17/h3-11,15H,2,12-14H2,1H3. The number of carbonyl (C=O) groups excluding carboxylic acids is 1. The van der Waals surface area contributed by atoms with Crippen molar-refractivity contribution in [3.8, 4) is 11.3 Å². The maximum absolute atomic E-state index is 13.1. The summed E-state index contributed by atoms with van der Waals surface area (Å²) in [6, 6.07) is 16.0. The highest BCUT2D eigenvalue weighted by Gasteiger charge is 2.20. The average molecular weight is 384 g/mol. The molecule has 0 radical (unpaired) electrons. The number of thiazole rings is 1. The zero-order valence-electron chi connectivity index (χ0n) is 15.1. The van der Waals surface area contributed by atoms with Gasteiger partial charge in [0.25, 0.3) is 0 Å². The van der Waals surface area contributed by atoms with Crippen molar-refractivity contribution in [2.24, 2.45) is 0 Å². The second-order valence-electron chi connectivity index (χ2n) is 5.93. The van der Waals surface area contributed by atoms with Crippen molar-refractivity contribution < 1.29 is 13.9 Å². The molecular formula is C21H21FN2O2S. The highest BCUT2D eigenvalue weighted by atomic mass is 32.1. The van der Waals surface area contributed by atoms with E-state index in [1.54, 1.807) is 17.0 Å². The second kappa shape index (κ2) is 9.39. The van der Waals surface area contributed by atoms with Gasteiger partial charge in [0.2, 0.25) is 5.91 Å². The number of hydrogen-bond acceptors (Lipinski definition) is 4. The van der Waals surface area contributed by atoms with Gasteiger partial charge in [-0.05, 0) is 36.8 Å². The van der Waals surface area contributed by atoms with Crippen LogP contribution in [0.25, 0.3) is 11.3 Å². The number of hydrogen-bond donors (Lipinski definition) is 0. The van der Waals surface area contributed by atoms with Gasteiger partial charge in [0.05, 0.1) is 25.3 Å². The van der Waals surface area contributed by atoms with Gasteiger partial charge in [-0.25, -0.2) is 9.37 Å². The van der Waals surface area contributed by atoms with Crippen LogP contribution in [0.4, 0.5) is 9.52 Å². The number of nitrogens with zero attached hydrogens (tertiary/aromatic N) is 2. The van der Waals surface area contributed by atoms with Crippen LogP contribution in [0.15, 0.2) is 60.0 Å². The van der Waals surface area contributed by atoms with E-state index in [-0.39, 0.29) is 11.7 Å². The highest BCUT2D eigenvalue weighted by molar-refractivity contribution is 7.14. The number of amides is 1. The zero-order chi connectivity index (χ0) is 19.1. The average Bonchev–Trinajstić information content (AvgIpc) is 3.17. The molecular weight excluding hydrogens is 363 g/mol. The fourth-order valence-electron chi connectivity index (χ4n) is 2.61. The number of ether oxygens (including phenoxy) is 1. The molecule has 0 unspecified atom stereocenters. The molecule has 0 N–H and O–H groups in total. The predicted molar refractivity (Wildman–Crippen MR) is 106 cm³/mol. The largest absolute Gasteiger partial charge is 0.381 e. The Bertz CT molecular complexity index is 865. The summed E-state index contributed by atoms with van der Waals surface area (Å²) in [6.07, 6.45) is 0.298. The summed E-state index contributed by atoms with van der Waals surface area (Å²) < 4.78 is 18.5. The first kappa shape index (κ1) is 19.2. The molecule has 140 valence electrons. The third-order valence-corrected chi connectivity index (χ3v) is 4.88. The first-order valence-electron chi connectivity index (χ1n) is 8.81. The van der Waals surface area contributed by atoms with Crippen molar-refractivity contribution in [3.63, 3.8) is 0 Å². The SMILES string of the molecule is CCOCCC(=O)N(Cc1ccccc1)c1nc(-c2ccc(F)cc2)cs1. The van der Waals surface area contributed by atoms with Crippen LogP contribution in [0.5, 0.6) is 0 Å². The molecule has 0 spiro atoms. The minimum Gasteiger partial charge on any atom is -0.381 e. The summed E-state index contributed by atoms with van der Waals surface area (Å²) in [5.41, 5.74) is 2.58. The summed E-state index contributed by atoms with van der Waals surface area (Å²) in [4.78, 5) is 19.1. The van der Waals surface area contributed by atoms with Crippen molar-refractivity contribution in [3.05, 3.63) is 71.4 Å². The number of anilines is 1. The third kappa shape index (κ3) is 5.21. The third-order valence-electron chi connectivity index (χ3n) is 4.01. The molecule has 0 saturated heterocycles. The van der Waals surface area contributed by atoms with Gasteiger partial charge in [-0.1, -0.05) is 30.3 Å². The van der Waals surface area contributed by atoms with Crippen molar-refractivity contribution in [1.29, 1.82) is 0 Å². The van der Waals surface area contributed by atoms with E-state index in [1.807, 2.05) is 42.6 Å². The molecule has 6 heteroatoms. The predicted octanol–water partition coefficient (Wildman–Crippen LogP) is 4.91. The molecule has 4 nitrogen and oxygen atoms in total. The summed E-state index contributed by atoms with van der Waals surface area (Å²) in [7, 11) is 0. The van der Waals surface area contributed by atoms with Crippen LogP contribution < -0.4 is 4.90 Å². The minimum atomic E-state index is -0.286. The quantitative estimate of drug-likeness (QED) is 0.518. The Morgan fingerprint density at radius 1 is 1.15 bits per heavy atom. The Balaban J connectivity index is 1.83. The number of carbonyl (C=O) groups is 1. The van der Waals surface area contributed by atoms with Crippen LogP contribution in [0.3, 0.4) is 0 Å². The molecule has 3 rings (SSSR count). The van der Waals surface area contributed by atoms with Crippen LogP contribution in [0, 0.1) is 5.82 Å². The lowest BCUT2D eigenvalue weighted by Gasteiger charge is -2.20. The van der Waals surface area contributed by atoms with Crippen molar-refractivity contribution in [2.75, 3.05) is 18.1 Å². The van der Waals surface area contributed by atoms with E-state index in [1.165, 1.54) is 23.5 Å². The number of benzene rings is 2. The lowest BCUT2D eigenvalue weighted by molar-refractivity contribution is -0.119. The van der Waals surface area contributed by atoms with Crippen molar-refractivity contribution in [1.82, 2.24) is 4.98 Å². The van der Waals surface area contributed by atoms with Gasteiger partial charge < -0.3 is 4.74 Å². The molecule has 0 aliphatic heterocycles. The van der Waals surface area contributed by atoms with E-state index in [2.05, 4.69) is 4.98 Å². The van der Waals surface area contributed by atoms with Crippen LogP contribution in [-0.4, -0.2) is 24.1 Å². The molecule has 3 aromatic rings.